The van der Waals surface area contributed by atoms with Gasteiger partial charge in [0.15, 0.2) is 5.78 Å². The standard InChI is InChI=1S/C11H14N2O/c1-8(2)12-9-3-4-10-11(14)5-6-13(10)7-9/h3-8,10,12H,1-2H3. The van der Waals surface area contributed by atoms with Crippen molar-refractivity contribution in [3.63, 3.8) is 0 Å². The quantitative estimate of drug-likeness (QED) is 0.709. The van der Waals surface area contributed by atoms with Crippen molar-refractivity contribution in [1.82, 2.24) is 10.2 Å². The summed E-state index contributed by atoms with van der Waals surface area (Å²) in [5.41, 5.74) is 1.05. The van der Waals surface area contributed by atoms with E-state index in [0.29, 0.717) is 6.04 Å². The molecular formula is C11H14N2O. The molecular weight excluding hydrogens is 176 g/mol. The molecule has 1 N–H and O–H groups in total. The van der Waals surface area contributed by atoms with Crippen LogP contribution in [0.4, 0.5) is 0 Å². The van der Waals surface area contributed by atoms with Gasteiger partial charge in [0.2, 0.25) is 0 Å². The van der Waals surface area contributed by atoms with E-state index < -0.39 is 0 Å². The monoisotopic (exact) mass is 190 g/mol. The maximum Gasteiger partial charge on any atom is 0.183 e. The Balaban J connectivity index is 2.12. The van der Waals surface area contributed by atoms with Gasteiger partial charge in [0, 0.05) is 18.4 Å². The molecule has 2 heterocycles. The lowest BCUT2D eigenvalue weighted by Gasteiger charge is -2.24. The topological polar surface area (TPSA) is 32.3 Å². The maximum absolute atomic E-state index is 11.3. The number of allylic oxidation sites excluding steroid dienone is 1. The molecule has 14 heavy (non-hydrogen) atoms. The zero-order valence-electron chi connectivity index (χ0n) is 8.40. The van der Waals surface area contributed by atoms with E-state index in [2.05, 4.69) is 19.2 Å². The third-order valence-electron chi connectivity index (χ3n) is 2.23. The first-order chi connectivity index (χ1) is 6.66. The van der Waals surface area contributed by atoms with Gasteiger partial charge in [-0.05, 0) is 26.0 Å². The van der Waals surface area contributed by atoms with Crippen molar-refractivity contribution in [2.24, 2.45) is 0 Å². The fourth-order valence-corrected chi connectivity index (χ4v) is 1.63. The van der Waals surface area contributed by atoms with Crippen molar-refractivity contribution in [2.45, 2.75) is 25.9 Å². The molecule has 74 valence electrons. The van der Waals surface area contributed by atoms with Crippen LogP contribution in [0.3, 0.4) is 0 Å². The molecule has 3 nitrogen and oxygen atoms in total. The van der Waals surface area contributed by atoms with Gasteiger partial charge in [0.1, 0.15) is 6.04 Å². The number of carbonyl (C=O) groups is 1. The molecule has 1 unspecified atom stereocenters. The minimum atomic E-state index is -0.104. The van der Waals surface area contributed by atoms with Crippen LogP contribution >= 0.6 is 0 Å². The highest BCUT2D eigenvalue weighted by Crippen LogP contribution is 2.18. The number of carbonyl (C=O) groups excluding carboxylic acids is 1. The first-order valence-electron chi connectivity index (χ1n) is 4.83. The first kappa shape index (κ1) is 9.06. The molecule has 0 saturated carbocycles. The van der Waals surface area contributed by atoms with Crippen molar-refractivity contribution in [3.05, 3.63) is 36.3 Å². The predicted octanol–water partition coefficient (Wildman–Crippen LogP) is 1.16. The van der Waals surface area contributed by atoms with Crippen molar-refractivity contribution in [1.29, 1.82) is 0 Å². The summed E-state index contributed by atoms with van der Waals surface area (Å²) >= 11 is 0. The summed E-state index contributed by atoms with van der Waals surface area (Å²) in [7, 11) is 0. The molecule has 0 aromatic carbocycles. The lowest BCUT2D eigenvalue weighted by molar-refractivity contribution is -0.115. The summed E-state index contributed by atoms with van der Waals surface area (Å²) in [5.74, 6) is 0.154. The van der Waals surface area contributed by atoms with Gasteiger partial charge in [-0.2, -0.15) is 0 Å². The van der Waals surface area contributed by atoms with Crippen LogP contribution in [0.1, 0.15) is 13.8 Å². The summed E-state index contributed by atoms with van der Waals surface area (Å²) in [6.45, 7) is 4.18. The van der Waals surface area contributed by atoms with E-state index >= 15 is 0 Å². The Kier molecular flexibility index (Phi) is 2.15. The molecule has 2 rings (SSSR count). The minimum absolute atomic E-state index is 0.104. The second-order valence-corrected chi connectivity index (χ2v) is 3.85. The number of hydrogen-bond donors (Lipinski definition) is 1. The summed E-state index contributed by atoms with van der Waals surface area (Å²) < 4.78 is 0. The van der Waals surface area contributed by atoms with Gasteiger partial charge in [0.05, 0.1) is 5.70 Å². The average Bonchev–Trinajstić information content (AvgIpc) is 2.46. The van der Waals surface area contributed by atoms with E-state index in [9.17, 15) is 4.79 Å². The molecule has 0 aromatic heterocycles. The van der Waals surface area contributed by atoms with E-state index in [-0.39, 0.29) is 11.8 Å². The normalized spacial score (nSPS) is 24.2. The van der Waals surface area contributed by atoms with Gasteiger partial charge in [-0.15, -0.1) is 0 Å². The van der Waals surface area contributed by atoms with E-state index in [4.69, 9.17) is 0 Å². The fraction of sp³-hybridized carbons (Fsp3) is 0.364. The van der Waals surface area contributed by atoms with Gasteiger partial charge in [-0.25, -0.2) is 0 Å². The molecule has 2 aliphatic rings. The summed E-state index contributed by atoms with van der Waals surface area (Å²) in [6, 6.07) is 0.303. The van der Waals surface area contributed by atoms with Crippen LogP contribution in [0, 0.1) is 0 Å². The molecule has 0 radical (unpaired) electrons. The molecule has 0 amide bonds. The van der Waals surface area contributed by atoms with Crippen LogP contribution in [-0.2, 0) is 4.79 Å². The number of hydrogen-bond acceptors (Lipinski definition) is 3. The smallest absolute Gasteiger partial charge is 0.183 e. The van der Waals surface area contributed by atoms with E-state index in [0.717, 1.165) is 5.70 Å². The van der Waals surface area contributed by atoms with Crippen LogP contribution in [0.25, 0.3) is 0 Å². The van der Waals surface area contributed by atoms with Crippen molar-refractivity contribution in [3.8, 4) is 0 Å². The zero-order chi connectivity index (χ0) is 10.1. The Hall–Kier alpha value is -1.51. The zero-order valence-corrected chi connectivity index (χ0v) is 8.40. The van der Waals surface area contributed by atoms with Crippen molar-refractivity contribution < 1.29 is 4.79 Å². The summed E-state index contributed by atoms with van der Waals surface area (Å²) in [4.78, 5) is 13.2. The third-order valence-corrected chi connectivity index (χ3v) is 2.23. The van der Waals surface area contributed by atoms with Crippen LogP contribution in [-0.4, -0.2) is 22.8 Å². The Morgan fingerprint density at radius 2 is 2.21 bits per heavy atom. The molecule has 0 fully saturated rings. The summed E-state index contributed by atoms with van der Waals surface area (Å²) in [6.07, 6.45) is 9.29. The second kappa shape index (κ2) is 3.33. The molecule has 0 spiro atoms. The Morgan fingerprint density at radius 3 is 2.93 bits per heavy atom. The number of fused-ring (bicyclic) bond motifs is 1. The number of nitrogens with one attached hydrogen (secondary N) is 1. The highest BCUT2D eigenvalue weighted by Gasteiger charge is 2.25. The summed E-state index contributed by atoms with van der Waals surface area (Å²) in [5, 5.41) is 3.30. The SMILES string of the molecule is CC(C)NC1=CN2C=CC(=O)C2C=C1. The predicted molar refractivity (Wildman–Crippen MR) is 55.3 cm³/mol. The molecule has 0 bridgehead atoms. The average molecular weight is 190 g/mol. The first-order valence-corrected chi connectivity index (χ1v) is 4.83. The minimum Gasteiger partial charge on any atom is -0.382 e. The largest absolute Gasteiger partial charge is 0.382 e. The fourth-order valence-electron chi connectivity index (χ4n) is 1.63. The highest BCUT2D eigenvalue weighted by atomic mass is 16.1. The molecule has 0 aliphatic carbocycles. The van der Waals surface area contributed by atoms with Crippen LogP contribution in [0.5, 0.6) is 0 Å². The Bertz CT molecular complexity index is 339. The molecule has 1 atom stereocenters. The van der Waals surface area contributed by atoms with E-state index in [1.54, 1.807) is 6.08 Å². The molecule has 0 aromatic rings. The van der Waals surface area contributed by atoms with Gasteiger partial charge in [0.25, 0.3) is 0 Å². The lowest BCUT2D eigenvalue weighted by Crippen LogP contribution is -2.32. The molecule has 0 saturated heterocycles. The van der Waals surface area contributed by atoms with Gasteiger partial charge < -0.3 is 10.2 Å². The van der Waals surface area contributed by atoms with Crippen LogP contribution in [0.15, 0.2) is 36.3 Å². The van der Waals surface area contributed by atoms with Gasteiger partial charge in [-0.3, -0.25) is 4.79 Å². The van der Waals surface area contributed by atoms with Gasteiger partial charge in [-0.1, -0.05) is 6.08 Å². The van der Waals surface area contributed by atoms with Crippen molar-refractivity contribution >= 4 is 5.78 Å². The number of rotatable bonds is 2. The Morgan fingerprint density at radius 1 is 1.43 bits per heavy atom. The van der Waals surface area contributed by atoms with E-state index in [1.807, 2.05) is 29.5 Å². The van der Waals surface area contributed by atoms with Crippen LogP contribution < -0.4 is 5.32 Å². The lowest BCUT2D eigenvalue weighted by atomic mass is 10.1. The maximum atomic E-state index is 11.3. The molecule has 2 aliphatic heterocycles. The molecule has 3 heteroatoms. The van der Waals surface area contributed by atoms with Crippen LogP contribution in [0.2, 0.25) is 0 Å². The third kappa shape index (κ3) is 1.58. The number of ketones is 1. The second-order valence-electron chi connectivity index (χ2n) is 3.85. The highest BCUT2D eigenvalue weighted by molar-refractivity contribution is 5.98. The van der Waals surface area contributed by atoms with E-state index in [1.165, 1.54) is 0 Å². The Labute approximate surface area is 83.8 Å². The van der Waals surface area contributed by atoms with Gasteiger partial charge >= 0.3 is 0 Å². The number of nitrogens with zero attached hydrogens (tertiary/aromatic N) is 1. The van der Waals surface area contributed by atoms with Crippen molar-refractivity contribution in [2.75, 3.05) is 0 Å².